The highest BCUT2D eigenvalue weighted by Crippen LogP contribution is 2.19. The molecule has 2 aromatic carbocycles. The Morgan fingerprint density at radius 1 is 1.10 bits per heavy atom. The zero-order valence-corrected chi connectivity index (χ0v) is 12.5. The predicted octanol–water partition coefficient (Wildman–Crippen LogP) is 3.96. The number of carbonyl (C=O) groups is 1. The first kappa shape index (κ1) is 14.9. The molecule has 3 nitrogen and oxygen atoms in total. The number of amides is 1. The van der Waals surface area contributed by atoms with Gasteiger partial charge in [-0.3, -0.25) is 4.79 Å². The summed E-state index contributed by atoms with van der Waals surface area (Å²) in [5, 5.41) is 2.83. The van der Waals surface area contributed by atoms with Gasteiger partial charge in [0.2, 0.25) is 5.91 Å². The Labute approximate surface area is 125 Å². The van der Waals surface area contributed by atoms with Crippen molar-refractivity contribution >= 4 is 17.7 Å². The second kappa shape index (κ2) is 6.75. The second-order valence-corrected chi connectivity index (χ2v) is 4.92. The summed E-state index contributed by atoms with van der Waals surface area (Å²) in [6.07, 6.45) is 3.32. The molecule has 0 aliphatic rings. The molecule has 0 heterocycles. The number of rotatable bonds is 4. The minimum atomic E-state index is -0.146. The molecule has 0 saturated heterocycles. The highest BCUT2D eigenvalue weighted by molar-refractivity contribution is 6.01. The summed E-state index contributed by atoms with van der Waals surface area (Å²) in [6, 6.07) is 13.5. The summed E-state index contributed by atoms with van der Waals surface area (Å²) in [4.78, 5) is 11.9. The van der Waals surface area contributed by atoms with Gasteiger partial charge in [0.25, 0.3) is 0 Å². The maximum absolute atomic E-state index is 11.9. The van der Waals surface area contributed by atoms with Crippen molar-refractivity contribution in [1.29, 1.82) is 0 Å². The van der Waals surface area contributed by atoms with Gasteiger partial charge in [-0.2, -0.15) is 0 Å². The second-order valence-electron chi connectivity index (χ2n) is 4.92. The first-order valence-electron chi connectivity index (χ1n) is 6.79. The van der Waals surface area contributed by atoms with E-state index in [-0.39, 0.29) is 5.91 Å². The van der Waals surface area contributed by atoms with Crippen molar-refractivity contribution in [3.63, 3.8) is 0 Å². The number of aryl methyl sites for hydroxylation is 2. The lowest BCUT2D eigenvalue weighted by Crippen LogP contribution is -2.07. The van der Waals surface area contributed by atoms with Crippen LogP contribution < -0.4 is 10.1 Å². The molecule has 0 radical (unpaired) electrons. The number of anilines is 1. The molecule has 1 N–H and O–H groups in total. The van der Waals surface area contributed by atoms with Crippen molar-refractivity contribution in [3.05, 3.63) is 65.2 Å². The summed E-state index contributed by atoms with van der Waals surface area (Å²) in [5.74, 6) is 0.698. The van der Waals surface area contributed by atoms with Crippen LogP contribution in [0.4, 0.5) is 5.69 Å². The van der Waals surface area contributed by atoms with Crippen LogP contribution in [0, 0.1) is 13.8 Å². The molecule has 0 atom stereocenters. The van der Waals surface area contributed by atoms with Gasteiger partial charge in [-0.25, -0.2) is 0 Å². The van der Waals surface area contributed by atoms with Gasteiger partial charge in [-0.1, -0.05) is 23.8 Å². The molecule has 0 aromatic heterocycles. The molecule has 0 aliphatic heterocycles. The smallest absolute Gasteiger partial charge is 0.248 e. The lowest BCUT2D eigenvalue weighted by molar-refractivity contribution is -0.111. The highest BCUT2D eigenvalue weighted by Gasteiger charge is 2.00. The minimum absolute atomic E-state index is 0.146. The Hall–Kier alpha value is -2.55. The molecule has 0 saturated carbocycles. The molecular weight excluding hydrogens is 262 g/mol. The van der Waals surface area contributed by atoms with Crippen molar-refractivity contribution in [2.45, 2.75) is 13.8 Å². The van der Waals surface area contributed by atoms with Crippen LogP contribution in [0.5, 0.6) is 5.75 Å². The van der Waals surface area contributed by atoms with Gasteiger partial charge in [0.05, 0.1) is 7.11 Å². The average Bonchev–Trinajstić information content (AvgIpc) is 2.48. The SMILES string of the molecule is COc1ccc(/C=C/C(=O)Nc2ccc(C)cc2)cc1C. The first-order chi connectivity index (χ1) is 10.1. The lowest BCUT2D eigenvalue weighted by atomic mass is 10.1. The zero-order chi connectivity index (χ0) is 15.2. The minimum Gasteiger partial charge on any atom is -0.496 e. The molecule has 2 aromatic rings. The molecule has 3 heteroatoms. The Bertz CT molecular complexity index is 657. The van der Waals surface area contributed by atoms with Gasteiger partial charge in [0.15, 0.2) is 0 Å². The fourth-order valence-electron chi connectivity index (χ4n) is 2.00. The summed E-state index contributed by atoms with van der Waals surface area (Å²) in [5.41, 5.74) is 3.96. The van der Waals surface area contributed by atoms with Gasteiger partial charge < -0.3 is 10.1 Å². The van der Waals surface area contributed by atoms with E-state index >= 15 is 0 Å². The molecule has 0 fully saturated rings. The Balaban J connectivity index is 2.01. The standard InChI is InChI=1S/C18H19NO2/c1-13-4-8-16(9-5-13)19-18(20)11-7-15-6-10-17(21-3)14(2)12-15/h4-12H,1-3H3,(H,19,20)/b11-7+. The fraction of sp³-hybridized carbons (Fsp3) is 0.167. The number of nitrogens with one attached hydrogen (secondary N) is 1. The van der Waals surface area contributed by atoms with Crippen LogP contribution in [0.3, 0.4) is 0 Å². The third-order valence-electron chi connectivity index (χ3n) is 3.17. The van der Waals surface area contributed by atoms with Crippen LogP contribution >= 0.6 is 0 Å². The van der Waals surface area contributed by atoms with E-state index in [0.717, 1.165) is 28.1 Å². The van der Waals surface area contributed by atoms with E-state index < -0.39 is 0 Å². The number of carbonyl (C=O) groups excluding carboxylic acids is 1. The van der Waals surface area contributed by atoms with E-state index in [1.54, 1.807) is 13.2 Å². The molecule has 21 heavy (non-hydrogen) atoms. The van der Waals surface area contributed by atoms with Crippen molar-refractivity contribution < 1.29 is 9.53 Å². The molecule has 1 amide bonds. The van der Waals surface area contributed by atoms with Gasteiger partial charge >= 0.3 is 0 Å². The first-order valence-corrected chi connectivity index (χ1v) is 6.79. The number of benzene rings is 2. The van der Waals surface area contributed by atoms with Crippen LogP contribution in [0.1, 0.15) is 16.7 Å². The predicted molar refractivity (Wildman–Crippen MR) is 86.6 cm³/mol. The molecule has 2 rings (SSSR count). The van der Waals surface area contributed by atoms with Crippen LogP contribution in [0.25, 0.3) is 6.08 Å². The van der Waals surface area contributed by atoms with Crippen molar-refractivity contribution in [2.24, 2.45) is 0 Å². The molecule has 108 valence electrons. The van der Waals surface area contributed by atoms with Crippen LogP contribution in [0.15, 0.2) is 48.5 Å². The van der Waals surface area contributed by atoms with Gasteiger partial charge in [-0.15, -0.1) is 0 Å². The van der Waals surface area contributed by atoms with E-state index in [1.807, 2.05) is 56.3 Å². The number of ether oxygens (including phenoxy) is 1. The maximum Gasteiger partial charge on any atom is 0.248 e. The Morgan fingerprint density at radius 2 is 1.81 bits per heavy atom. The number of methoxy groups -OCH3 is 1. The normalized spacial score (nSPS) is 10.6. The van der Waals surface area contributed by atoms with Crippen molar-refractivity contribution in [2.75, 3.05) is 12.4 Å². The summed E-state index contributed by atoms with van der Waals surface area (Å²) < 4.78 is 5.21. The summed E-state index contributed by atoms with van der Waals surface area (Å²) in [7, 11) is 1.65. The monoisotopic (exact) mass is 281 g/mol. The average molecular weight is 281 g/mol. The van der Waals surface area contributed by atoms with E-state index in [9.17, 15) is 4.79 Å². The number of hydrogen-bond donors (Lipinski definition) is 1. The Kier molecular flexibility index (Phi) is 4.77. The third kappa shape index (κ3) is 4.21. The molecular formula is C18H19NO2. The van der Waals surface area contributed by atoms with E-state index in [4.69, 9.17) is 4.74 Å². The van der Waals surface area contributed by atoms with E-state index in [0.29, 0.717) is 0 Å². The number of hydrogen-bond acceptors (Lipinski definition) is 2. The van der Waals surface area contributed by atoms with Gasteiger partial charge in [0.1, 0.15) is 5.75 Å². The summed E-state index contributed by atoms with van der Waals surface area (Å²) in [6.45, 7) is 3.99. The summed E-state index contributed by atoms with van der Waals surface area (Å²) >= 11 is 0. The third-order valence-corrected chi connectivity index (χ3v) is 3.17. The Morgan fingerprint density at radius 3 is 2.43 bits per heavy atom. The van der Waals surface area contributed by atoms with Crippen molar-refractivity contribution in [3.8, 4) is 5.75 Å². The van der Waals surface area contributed by atoms with Crippen LogP contribution in [-0.4, -0.2) is 13.0 Å². The largest absolute Gasteiger partial charge is 0.496 e. The lowest BCUT2D eigenvalue weighted by Gasteiger charge is -2.05. The van der Waals surface area contributed by atoms with Gasteiger partial charge in [0, 0.05) is 11.8 Å². The van der Waals surface area contributed by atoms with Gasteiger partial charge in [-0.05, 0) is 55.3 Å². The topological polar surface area (TPSA) is 38.3 Å². The molecule has 0 aliphatic carbocycles. The molecule has 0 spiro atoms. The van der Waals surface area contributed by atoms with Crippen molar-refractivity contribution in [1.82, 2.24) is 0 Å². The quantitative estimate of drug-likeness (QED) is 0.861. The fourth-order valence-corrected chi connectivity index (χ4v) is 2.00. The maximum atomic E-state index is 11.9. The van der Waals surface area contributed by atoms with E-state index in [2.05, 4.69) is 5.32 Å². The zero-order valence-electron chi connectivity index (χ0n) is 12.5. The molecule has 0 unspecified atom stereocenters. The van der Waals surface area contributed by atoms with Crippen LogP contribution in [-0.2, 0) is 4.79 Å². The molecule has 0 bridgehead atoms. The highest BCUT2D eigenvalue weighted by atomic mass is 16.5. The van der Waals surface area contributed by atoms with Crippen LogP contribution in [0.2, 0.25) is 0 Å². The van der Waals surface area contributed by atoms with E-state index in [1.165, 1.54) is 6.08 Å².